The van der Waals surface area contributed by atoms with Gasteiger partial charge in [-0.15, -0.1) is 0 Å². The number of aromatic nitrogens is 1. The molecule has 2 heteroatoms. The van der Waals surface area contributed by atoms with Crippen molar-refractivity contribution in [3.63, 3.8) is 0 Å². The first-order valence-electron chi connectivity index (χ1n) is 3.69. The minimum atomic E-state index is 0.453. The van der Waals surface area contributed by atoms with E-state index in [0.29, 0.717) is 5.89 Å². The van der Waals surface area contributed by atoms with Crippen LogP contribution in [0.3, 0.4) is 0 Å². The Labute approximate surface area is 70.9 Å². The van der Waals surface area contributed by atoms with Crippen LogP contribution in [0.25, 0.3) is 11.3 Å². The molecule has 0 unspecified atom stereocenters. The molecular weight excluding hydrogens is 150 g/mol. The number of oxazole rings is 1. The van der Waals surface area contributed by atoms with Crippen molar-refractivity contribution in [2.75, 3.05) is 0 Å². The summed E-state index contributed by atoms with van der Waals surface area (Å²) < 4.78 is 5.25. The zero-order valence-electron chi connectivity index (χ0n) is 6.53. The lowest BCUT2D eigenvalue weighted by atomic mass is 10.2. The first-order valence-corrected chi connectivity index (χ1v) is 3.69. The maximum Gasteiger partial charge on any atom is 0.195 e. The summed E-state index contributed by atoms with van der Waals surface area (Å²) in [5.41, 5.74) is 1.03. The molecule has 59 valence electrons. The molecule has 1 radical (unpaired) electrons. The molecule has 12 heavy (non-hydrogen) atoms. The van der Waals surface area contributed by atoms with Gasteiger partial charge in [0, 0.05) is 12.5 Å². The molecule has 2 nitrogen and oxygen atoms in total. The number of hydrogen-bond acceptors (Lipinski definition) is 2. The third-order valence-corrected chi connectivity index (χ3v) is 1.61. The van der Waals surface area contributed by atoms with Crippen LogP contribution in [0.1, 0.15) is 5.89 Å². The van der Waals surface area contributed by atoms with Gasteiger partial charge >= 0.3 is 0 Å². The predicted octanol–water partition coefficient (Wildman–Crippen LogP) is 2.52. The fourth-order valence-electron chi connectivity index (χ4n) is 1.05. The van der Waals surface area contributed by atoms with Crippen molar-refractivity contribution in [3.8, 4) is 11.3 Å². The van der Waals surface area contributed by atoms with E-state index in [1.807, 2.05) is 30.3 Å². The van der Waals surface area contributed by atoms with Crippen molar-refractivity contribution < 1.29 is 4.42 Å². The average Bonchev–Trinajstić information content (AvgIpc) is 2.54. The Hall–Kier alpha value is -1.57. The van der Waals surface area contributed by atoms with Crippen molar-refractivity contribution in [3.05, 3.63) is 49.3 Å². The Morgan fingerprint density at radius 1 is 1.17 bits per heavy atom. The van der Waals surface area contributed by atoms with E-state index < -0.39 is 0 Å². The molecule has 1 aromatic carbocycles. The molecule has 0 saturated heterocycles. The summed E-state index contributed by atoms with van der Waals surface area (Å²) in [6.45, 7) is 3.59. The van der Waals surface area contributed by atoms with E-state index in [1.165, 1.54) is 0 Å². The van der Waals surface area contributed by atoms with Gasteiger partial charge in [0.2, 0.25) is 0 Å². The SMILES string of the molecule is [CH2]c1ncc(-c2ccccc2)o1. The third-order valence-electron chi connectivity index (χ3n) is 1.61. The molecule has 0 N–H and O–H groups in total. The molecule has 0 bridgehead atoms. The molecule has 1 aromatic heterocycles. The number of rotatable bonds is 1. The van der Waals surface area contributed by atoms with Crippen LogP contribution in [0.5, 0.6) is 0 Å². The largest absolute Gasteiger partial charge is 0.441 e. The van der Waals surface area contributed by atoms with Gasteiger partial charge in [-0.2, -0.15) is 0 Å². The number of hydrogen-bond donors (Lipinski definition) is 0. The highest BCUT2D eigenvalue weighted by Gasteiger charge is 2.00. The predicted molar refractivity (Wildman–Crippen MR) is 46.4 cm³/mol. The second-order valence-electron chi connectivity index (χ2n) is 2.48. The van der Waals surface area contributed by atoms with E-state index in [-0.39, 0.29) is 0 Å². The van der Waals surface area contributed by atoms with Crippen molar-refractivity contribution in [2.45, 2.75) is 0 Å². The van der Waals surface area contributed by atoms with Gasteiger partial charge in [0.05, 0.1) is 6.20 Å². The molecule has 2 aromatic rings. The van der Waals surface area contributed by atoms with Crippen LogP contribution in [-0.4, -0.2) is 4.98 Å². The number of nitrogens with zero attached hydrogens (tertiary/aromatic N) is 1. The molecule has 0 fully saturated rings. The lowest BCUT2D eigenvalue weighted by Crippen LogP contribution is -1.69. The Kier molecular flexibility index (Phi) is 1.67. The molecule has 0 saturated carbocycles. The minimum Gasteiger partial charge on any atom is -0.441 e. The quantitative estimate of drug-likeness (QED) is 0.637. The smallest absolute Gasteiger partial charge is 0.195 e. The second kappa shape index (κ2) is 2.81. The van der Waals surface area contributed by atoms with Crippen LogP contribution in [0.15, 0.2) is 40.9 Å². The van der Waals surface area contributed by atoms with Crippen LogP contribution in [0.2, 0.25) is 0 Å². The van der Waals surface area contributed by atoms with E-state index in [4.69, 9.17) is 4.42 Å². The van der Waals surface area contributed by atoms with Gasteiger partial charge < -0.3 is 4.42 Å². The monoisotopic (exact) mass is 158 g/mol. The van der Waals surface area contributed by atoms with E-state index in [2.05, 4.69) is 11.9 Å². The Morgan fingerprint density at radius 2 is 1.92 bits per heavy atom. The minimum absolute atomic E-state index is 0.453. The molecule has 0 aliphatic rings. The Morgan fingerprint density at radius 3 is 2.50 bits per heavy atom. The lowest BCUT2D eigenvalue weighted by molar-refractivity contribution is 0.551. The zero-order valence-corrected chi connectivity index (χ0v) is 6.53. The van der Waals surface area contributed by atoms with Crippen LogP contribution in [0, 0.1) is 6.92 Å². The topological polar surface area (TPSA) is 26.0 Å². The summed E-state index contributed by atoms with van der Waals surface area (Å²) in [6.07, 6.45) is 1.68. The Balaban J connectivity index is 2.45. The summed E-state index contributed by atoms with van der Waals surface area (Å²) in [5.74, 6) is 1.22. The van der Waals surface area contributed by atoms with Crippen molar-refractivity contribution in [1.29, 1.82) is 0 Å². The molecule has 0 aliphatic carbocycles. The van der Waals surface area contributed by atoms with Crippen molar-refractivity contribution in [2.24, 2.45) is 0 Å². The van der Waals surface area contributed by atoms with E-state index in [1.54, 1.807) is 6.20 Å². The van der Waals surface area contributed by atoms with Crippen LogP contribution >= 0.6 is 0 Å². The van der Waals surface area contributed by atoms with Gasteiger partial charge in [-0.05, 0) is 0 Å². The molecule has 1 heterocycles. The van der Waals surface area contributed by atoms with E-state index >= 15 is 0 Å². The lowest BCUT2D eigenvalue weighted by Gasteiger charge is -1.92. The van der Waals surface area contributed by atoms with Gasteiger partial charge in [-0.3, -0.25) is 0 Å². The first kappa shape index (κ1) is 7.10. The third kappa shape index (κ3) is 1.23. The maximum atomic E-state index is 5.25. The zero-order chi connectivity index (χ0) is 8.39. The van der Waals surface area contributed by atoms with Gasteiger partial charge in [-0.1, -0.05) is 30.3 Å². The highest BCUT2D eigenvalue weighted by molar-refractivity contribution is 5.55. The summed E-state index contributed by atoms with van der Waals surface area (Å²) in [4.78, 5) is 3.92. The highest BCUT2D eigenvalue weighted by atomic mass is 16.4. The standard InChI is InChI=1S/C10H8NO/c1-8-11-7-10(12-8)9-5-3-2-4-6-9/h2-7H,1H2. The normalized spacial score (nSPS) is 10.1. The second-order valence-corrected chi connectivity index (χ2v) is 2.48. The highest BCUT2D eigenvalue weighted by Crippen LogP contribution is 2.18. The summed E-state index contributed by atoms with van der Waals surface area (Å²) in [6, 6.07) is 9.83. The first-order chi connectivity index (χ1) is 5.86. The van der Waals surface area contributed by atoms with Gasteiger partial charge in [0.25, 0.3) is 0 Å². The fraction of sp³-hybridized carbons (Fsp3) is 0. The van der Waals surface area contributed by atoms with Crippen LogP contribution in [0.4, 0.5) is 0 Å². The van der Waals surface area contributed by atoms with Crippen LogP contribution in [-0.2, 0) is 0 Å². The van der Waals surface area contributed by atoms with Gasteiger partial charge in [-0.25, -0.2) is 4.98 Å². The molecule has 0 amide bonds. The molecule has 0 atom stereocenters. The van der Waals surface area contributed by atoms with E-state index in [0.717, 1.165) is 11.3 Å². The van der Waals surface area contributed by atoms with Gasteiger partial charge in [0.1, 0.15) is 0 Å². The molecule has 0 aliphatic heterocycles. The fourth-order valence-corrected chi connectivity index (χ4v) is 1.05. The molecular formula is C10H8NO. The summed E-state index contributed by atoms with van der Waals surface area (Å²) in [5, 5.41) is 0. The summed E-state index contributed by atoms with van der Waals surface area (Å²) in [7, 11) is 0. The molecule has 2 rings (SSSR count). The molecule has 0 spiro atoms. The van der Waals surface area contributed by atoms with Gasteiger partial charge in [0.15, 0.2) is 11.7 Å². The number of benzene rings is 1. The average molecular weight is 158 g/mol. The van der Waals surface area contributed by atoms with E-state index in [9.17, 15) is 0 Å². The Bertz CT molecular complexity index is 364. The maximum absolute atomic E-state index is 5.25. The summed E-state index contributed by atoms with van der Waals surface area (Å²) >= 11 is 0. The van der Waals surface area contributed by atoms with Crippen molar-refractivity contribution in [1.82, 2.24) is 4.98 Å². The van der Waals surface area contributed by atoms with Crippen molar-refractivity contribution >= 4 is 0 Å². The van der Waals surface area contributed by atoms with Crippen LogP contribution < -0.4 is 0 Å².